The van der Waals surface area contributed by atoms with Crippen LogP contribution in [0.25, 0.3) is 0 Å². The molecule has 0 aliphatic carbocycles. The zero-order valence-electron chi connectivity index (χ0n) is 9.10. The van der Waals surface area contributed by atoms with Crippen LogP contribution < -0.4 is 17.0 Å². The maximum atomic E-state index is 11.5. The van der Waals surface area contributed by atoms with Gasteiger partial charge in [0.1, 0.15) is 5.82 Å². The van der Waals surface area contributed by atoms with Gasteiger partial charge >= 0.3 is 5.69 Å². The van der Waals surface area contributed by atoms with Crippen LogP contribution in [0.2, 0.25) is 10.0 Å². The first kappa shape index (κ1) is 12.8. The highest BCUT2D eigenvalue weighted by atomic mass is 35.5. The molecule has 2 aromatic heterocycles. The minimum absolute atomic E-state index is 0.167. The van der Waals surface area contributed by atoms with Crippen LogP contribution in [0.4, 0.5) is 5.82 Å². The molecule has 2 rings (SSSR count). The number of anilines is 1. The van der Waals surface area contributed by atoms with Crippen LogP contribution in [-0.2, 0) is 6.54 Å². The van der Waals surface area contributed by atoms with Gasteiger partial charge in [0.15, 0.2) is 0 Å². The first-order chi connectivity index (χ1) is 8.60. The van der Waals surface area contributed by atoms with E-state index in [1.807, 2.05) is 0 Å². The summed E-state index contributed by atoms with van der Waals surface area (Å²) in [6, 6.07) is 3.27. The van der Waals surface area contributed by atoms with E-state index >= 15 is 0 Å². The summed E-state index contributed by atoms with van der Waals surface area (Å²) in [7, 11) is 0. The zero-order valence-corrected chi connectivity index (χ0v) is 10.6. The minimum atomic E-state index is -0.427. The smallest absolute Gasteiger partial charge is 0.308 e. The summed E-state index contributed by atoms with van der Waals surface area (Å²) < 4.78 is 1.32. The van der Waals surface area contributed by atoms with E-state index < -0.39 is 5.69 Å². The molecule has 0 aromatic carbocycles. The number of nitrogen functional groups attached to an aromatic ring is 1. The fourth-order valence-electron chi connectivity index (χ4n) is 1.38. The van der Waals surface area contributed by atoms with Gasteiger partial charge in [-0.2, -0.15) is 0 Å². The standard InChI is InChI=1S/C10H9Cl2N5O/c11-6-3-14-10(18)17(4-6)5-8-7(12)1-2-9(15-8)16-13/h1-4H,5,13H2,(H,15,16). The molecule has 0 fully saturated rings. The number of nitrogens with two attached hydrogens (primary N) is 1. The lowest BCUT2D eigenvalue weighted by Gasteiger charge is -2.08. The number of aromatic nitrogens is 3. The maximum Gasteiger partial charge on any atom is 0.347 e. The Morgan fingerprint density at radius 2 is 2.17 bits per heavy atom. The first-order valence-electron chi connectivity index (χ1n) is 4.94. The highest BCUT2D eigenvalue weighted by Crippen LogP contribution is 2.17. The van der Waals surface area contributed by atoms with E-state index in [9.17, 15) is 4.79 Å². The van der Waals surface area contributed by atoms with Crippen molar-refractivity contribution < 1.29 is 0 Å². The van der Waals surface area contributed by atoms with Crippen molar-refractivity contribution in [1.29, 1.82) is 0 Å². The topological polar surface area (TPSA) is 85.8 Å². The third kappa shape index (κ3) is 2.79. The lowest BCUT2D eigenvalue weighted by Crippen LogP contribution is -2.23. The molecule has 0 unspecified atom stereocenters. The van der Waals surface area contributed by atoms with Gasteiger partial charge in [0.2, 0.25) is 0 Å². The molecule has 2 heterocycles. The second-order valence-electron chi connectivity index (χ2n) is 3.45. The molecule has 0 radical (unpaired) electrons. The summed E-state index contributed by atoms with van der Waals surface area (Å²) >= 11 is 11.8. The monoisotopic (exact) mass is 285 g/mol. The number of hydrogen-bond acceptors (Lipinski definition) is 5. The molecule has 0 amide bonds. The Hall–Kier alpha value is -1.63. The minimum Gasteiger partial charge on any atom is -0.308 e. The summed E-state index contributed by atoms with van der Waals surface area (Å²) in [5, 5.41) is 0.791. The first-order valence-corrected chi connectivity index (χ1v) is 5.70. The quantitative estimate of drug-likeness (QED) is 0.655. The molecule has 0 spiro atoms. The Kier molecular flexibility index (Phi) is 3.81. The van der Waals surface area contributed by atoms with E-state index in [0.717, 1.165) is 0 Å². The van der Waals surface area contributed by atoms with Crippen molar-refractivity contribution in [3.8, 4) is 0 Å². The fraction of sp³-hybridized carbons (Fsp3) is 0.100. The van der Waals surface area contributed by atoms with E-state index in [1.165, 1.54) is 17.0 Å². The van der Waals surface area contributed by atoms with Crippen molar-refractivity contribution in [1.82, 2.24) is 14.5 Å². The van der Waals surface area contributed by atoms with Gasteiger partial charge in [0.05, 0.1) is 28.5 Å². The summed E-state index contributed by atoms with van der Waals surface area (Å²) in [4.78, 5) is 19.3. The van der Waals surface area contributed by atoms with E-state index in [1.54, 1.807) is 12.1 Å². The molecule has 0 saturated carbocycles. The van der Waals surface area contributed by atoms with E-state index in [2.05, 4.69) is 15.4 Å². The van der Waals surface area contributed by atoms with Crippen LogP contribution in [0.3, 0.4) is 0 Å². The highest BCUT2D eigenvalue weighted by molar-refractivity contribution is 6.31. The normalized spacial score (nSPS) is 10.4. The summed E-state index contributed by atoms with van der Waals surface area (Å²) in [6.07, 6.45) is 2.75. The Morgan fingerprint density at radius 1 is 1.39 bits per heavy atom. The lowest BCUT2D eigenvalue weighted by molar-refractivity contribution is 0.711. The molecular formula is C10H9Cl2N5O. The molecule has 0 aliphatic heterocycles. The molecule has 0 bridgehead atoms. The van der Waals surface area contributed by atoms with Crippen LogP contribution in [0.5, 0.6) is 0 Å². The number of halogens is 2. The average Bonchev–Trinajstić information content (AvgIpc) is 2.36. The van der Waals surface area contributed by atoms with Gasteiger partial charge < -0.3 is 5.43 Å². The molecule has 18 heavy (non-hydrogen) atoms. The lowest BCUT2D eigenvalue weighted by atomic mass is 10.3. The van der Waals surface area contributed by atoms with Crippen molar-refractivity contribution in [2.45, 2.75) is 6.54 Å². The largest absolute Gasteiger partial charge is 0.347 e. The van der Waals surface area contributed by atoms with Crippen LogP contribution in [-0.4, -0.2) is 14.5 Å². The third-order valence-electron chi connectivity index (χ3n) is 2.21. The van der Waals surface area contributed by atoms with Gasteiger partial charge in [0.25, 0.3) is 0 Å². The second kappa shape index (κ2) is 5.34. The zero-order chi connectivity index (χ0) is 13.1. The highest BCUT2D eigenvalue weighted by Gasteiger charge is 2.07. The van der Waals surface area contributed by atoms with Crippen LogP contribution in [0, 0.1) is 0 Å². The molecule has 8 heteroatoms. The fourth-order valence-corrected chi connectivity index (χ4v) is 1.71. The number of hydrogen-bond donors (Lipinski definition) is 2. The number of nitrogens with zero attached hydrogens (tertiary/aromatic N) is 3. The SMILES string of the molecule is NNc1ccc(Cl)c(Cn2cc(Cl)cnc2=O)n1. The maximum absolute atomic E-state index is 11.5. The van der Waals surface area contributed by atoms with Crippen LogP contribution in [0.1, 0.15) is 5.69 Å². The molecule has 94 valence electrons. The predicted octanol–water partition coefficient (Wildman–Crippen LogP) is 1.28. The van der Waals surface area contributed by atoms with Crippen molar-refractivity contribution in [3.63, 3.8) is 0 Å². The van der Waals surface area contributed by atoms with Gasteiger partial charge in [-0.3, -0.25) is 4.57 Å². The van der Waals surface area contributed by atoms with Gasteiger partial charge in [-0.1, -0.05) is 23.2 Å². The molecule has 0 atom stereocenters. The van der Waals surface area contributed by atoms with Crippen molar-refractivity contribution in [2.24, 2.45) is 5.84 Å². The molecule has 0 aliphatic rings. The Labute approximate surface area is 112 Å². The Balaban J connectivity index is 2.39. The van der Waals surface area contributed by atoms with E-state index in [4.69, 9.17) is 29.0 Å². The summed E-state index contributed by atoms with van der Waals surface area (Å²) in [5.74, 6) is 5.71. The van der Waals surface area contributed by atoms with E-state index in [0.29, 0.717) is 21.6 Å². The number of nitrogens with one attached hydrogen (secondary N) is 1. The van der Waals surface area contributed by atoms with Gasteiger partial charge in [-0.25, -0.2) is 20.6 Å². The number of pyridine rings is 1. The van der Waals surface area contributed by atoms with E-state index in [-0.39, 0.29) is 6.54 Å². The molecule has 2 aromatic rings. The Morgan fingerprint density at radius 3 is 2.89 bits per heavy atom. The van der Waals surface area contributed by atoms with Crippen LogP contribution in [0.15, 0.2) is 29.3 Å². The van der Waals surface area contributed by atoms with Crippen molar-refractivity contribution >= 4 is 29.0 Å². The van der Waals surface area contributed by atoms with Crippen LogP contribution >= 0.6 is 23.2 Å². The van der Waals surface area contributed by atoms with Gasteiger partial charge in [-0.15, -0.1) is 0 Å². The molecule has 6 nitrogen and oxygen atoms in total. The van der Waals surface area contributed by atoms with Crippen molar-refractivity contribution in [3.05, 3.63) is 50.7 Å². The average molecular weight is 286 g/mol. The molecule has 0 saturated heterocycles. The predicted molar refractivity (Wildman–Crippen MR) is 69.7 cm³/mol. The van der Waals surface area contributed by atoms with Gasteiger partial charge in [-0.05, 0) is 12.1 Å². The molecular weight excluding hydrogens is 277 g/mol. The Bertz CT molecular complexity index is 628. The summed E-state index contributed by atoms with van der Waals surface area (Å²) in [6.45, 7) is 0.167. The number of hydrazine groups is 1. The number of rotatable bonds is 3. The second-order valence-corrected chi connectivity index (χ2v) is 4.30. The van der Waals surface area contributed by atoms with Gasteiger partial charge in [0, 0.05) is 6.20 Å². The molecule has 3 N–H and O–H groups in total. The van der Waals surface area contributed by atoms with Crippen molar-refractivity contribution in [2.75, 3.05) is 5.43 Å². The third-order valence-corrected chi connectivity index (χ3v) is 2.75. The summed E-state index contributed by atoms with van der Waals surface area (Å²) in [5.41, 5.74) is 2.48.